The number of nitriles is 3. The lowest BCUT2D eigenvalue weighted by molar-refractivity contribution is 0.304. The summed E-state index contributed by atoms with van der Waals surface area (Å²) in [6, 6.07) is 5.21. The van der Waals surface area contributed by atoms with Crippen LogP contribution in [-0.2, 0) is 0 Å². The molecule has 0 amide bonds. The number of nitrogens with zero attached hydrogens (tertiary/aromatic N) is 3. The maximum Gasteiger partial charge on any atom is 0.0905 e. The quantitative estimate of drug-likeness (QED) is 0.589. The third kappa shape index (κ3) is 307. The second-order valence-corrected chi connectivity index (χ2v) is 1.19. The van der Waals surface area contributed by atoms with E-state index < -0.39 is 0 Å². The van der Waals surface area contributed by atoms with Gasteiger partial charge in [-0.15, -0.1) is 0 Å². The minimum Gasteiger partial charge on any atom is -0.395 e. The topological polar surface area (TPSA) is 91.6 Å². The lowest BCUT2D eigenvalue weighted by Gasteiger charge is -1.67. The van der Waals surface area contributed by atoms with E-state index >= 15 is 0 Å². The van der Waals surface area contributed by atoms with Gasteiger partial charge in [0.15, 0.2) is 0 Å². The highest BCUT2D eigenvalue weighted by Crippen LogP contribution is 1.62. The largest absolute Gasteiger partial charge is 0.395 e. The normalized spacial score (nSPS) is 4.58. The number of rotatable bonds is 1. The second-order valence-electron chi connectivity index (χ2n) is 1.19. The van der Waals surface area contributed by atoms with Gasteiger partial charge in [0.05, 0.1) is 31.2 Å². The van der Waals surface area contributed by atoms with E-state index in [0.29, 0.717) is 0 Å². The van der Waals surface area contributed by atoms with Gasteiger partial charge in [0.1, 0.15) is 0 Å². The first-order chi connectivity index (χ1) is 5.74. The molecule has 0 spiro atoms. The minimum absolute atomic E-state index is 0.0174. The number of aliphatic hydroxyl groups is 1. The average molecular weight is 165 g/mol. The number of hydrogen-bond acceptors (Lipinski definition) is 4. The monoisotopic (exact) mass is 165 g/mol. The zero-order valence-electron chi connectivity index (χ0n) is 6.99. The smallest absolute Gasteiger partial charge is 0.0905 e. The van der Waals surface area contributed by atoms with Crippen LogP contribution in [0.5, 0.6) is 0 Å². The van der Waals surface area contributed by atoms with Gasteiger partial charge >= 0.3 is 0 Å². The van der Waals surface area contributed by atoms with E-state index in [9.17, 15) is 0 Å². The van der Waals surface area contributed by atoms with Crippen LogP contribution >= 0.6 is 0 Å². The highest BCUT2D eigenvalue weighted by molar-refractivity contribution is 4.93. The molecule has 0 radical (unpaired) electrons. The summed E-state index contributed by atoms with van der Waals surface area (Å²) in [6.45, 7) is 4.53. The van der Waals surface area contributed by atoms with E-state index in [1.807, 2.05) is 0 Å². The van der Waals surface area contributed by atoms with Crippen LogP contribution in [0.2, 0.25) is 0 Å². The van der Waals surface area contributed by atoms with Crippen molar-refractivity contribution in [3.05, 3.63) is 12.7 Å². The minimum atomic E-state index is -0.0174. The van der Waals surface area contributed by atoms with Gasteiger partial charge in [-0.05, 0) is 0 Å². The van der Waals surface area contributed by atoms with Crippen LogP contribution in [-0.4, -0.2) is 11.7 Å². The molecular formula is C8H11N3O. The lowest BCUT2D eigenvalue weighted by Crippen LogP contribution is -1.72. The van der Waals surface area contributed by atoms with Gasteiger partial charge in [-0.2, -0.15) is 15.8 Å². The summed E-state index contributed by atoms with van der Waals surface area (Å²) in [5.41, 5.74) is 0. The molecule has 0 heterocycles. The van der Waals surface area contributed by atoms with E-state index in [2.05, 4.69) is 6.58 Å². The van der Waals surface area contributed by atoms with Gasteiger partial charge in [-0.1, -0.05) is 6.58 Å². The predicted molar refractivity (Wildman–Crippen MR) is 44.4 cm³/mol. The Hall–Kier alpha value is -1.83. The summed E-state index contributed by atoms with van der Waals surface area (Å²) in [7, 11) is 0. The van der Waals surface area contributed by atoms with Gasteiger partial charge in [-0.25, -0.2) is 0 Å². The first-order valence-electron chi connectivity index (χ1n) is 3.04. The standard InChI is InChI=1S/C3H5NO.C3H3N.C2H3N/c4-2-1-3-5;1-2-3-4;1-2-3/h5H,1,3H2;2H,1H2;1H3. The molecule has 64 valence electrons. The van der Waals surface area contributed by atoms with Crippen molar-refractivity contribution in [3.63, 3.8) is 0 Å². The Labute approximate surface area is 72.6 Å². The van der Waals surface area contributed by atoms with Gasteiger partial charge < -0.3 is 5.11 Å². The Morgan fingerprint density at radius 2 is 1.75 bits per heavy atom. The molecule has 4 nitrogen and oxygen atoms in total. The number of hydrogen-bond donors (Lipinski definition) is 1. The number of aliphatic hydroxyl groups excluding tert-OH is 1. The molecule has 4 heteroatoms. The average Bonchev–Trinajstić information content (AvgIpc) is 2.08. The van der Waals surface area contributed by atoms with E-state index in [-0.39, 0.29) is 13.0 Å². The Bertz CT molecular complexity index is 192. The van der Waals surface area contributed by atoms with Crippen LogP contribution in [0.3, 0.4) is 0 Å². The maximum atomic E-state index is 7.84. The van der Waals surface area contributed by atoms with Gasteiger partial charge in [-0.3, -0.25) is 0 Å². The molecule has 1 N–H and O–H groups in total. The molecule has 0 aromatic rings. The van der Waals surface area contributed by atoms with Crippen LogP contribution in [0, 0.1) is 34.0 Å². The summed E-state index contributed by atoms with van der Waals surface area (Å²) >= 11 is 0. The lowest BCUT2D eigenvalue weighted by atomic mass is 10.5. The fraction of sp³-hybridized carbons (Fsp3) is 0.375. The number of allylic oxidation sites excluding steroid dienone is 1. The van der Waals surface area contributed by atoms with Crippen molar-refractivity contribution in [1.82, 2.24) is 0 Å². The SMILES string of the molecule is C=CC#N.CC#N.N#CCCO. The molecule has 0 saturated heterocycles. The summed E-state index contributed by atoms with van der Waals surface area (Å²) < 4.78 is 0. The van der Waals surface area contributed by atoms with E-state index in [1.54, 1.807) is 18.2 Å². The summed E-state index contributed by atoms with van der Waals surface area (Å²) in [6.07, 6.45) is 1.43. The van der Waals surface area contributed by atoms with Crippen molar-refractivity contribution in [2.45, 2.75) is 13.3 Å². The molecule has 0 atom stereocenters. The Morgan fingerprint density at radius 1 is 1.42 bits per heavy atom. The van der Waals surface area contributed by atoms with Crippen LogP contribution in [0.25, 0.3) is 0 Å². The molecule has 12 heavy (non-hydrogen) atoms. The molecule has 0 aliphatic heterocycles. The molecule has 0 bridgehead atoms. The molecular weight excluding hydrogens is 154 g/mol. The van der Waals surface area contributed by atoms with Crippen molar-refractivity contribution in [2.24, 2.45) is 0 Å². The summed E-state index contributed by atoms with van der Waals surface area (Å²) in [5, 5.41) is 30.3. The van der Waals surface area contributed by atoms with Gasteiger partial charge in [0, 0.05) is 13.0 Å². The van der Waals surface area contributed by atoms with Crippen molar-refractivity contribution in [3.8, 4) is 18.2 Å². The van der Waals surface area contributed by atoms with Crippen LogP contribution < -0.4 is 0 Å². The third-order valence-electron chi connectivity index (χ3n) is 0.315. The van der Waals surface area contributed by atoms with E-state index in [1.165, 1.54) is 13.0 Å². The third-order valence-corrected chi connectivity index (χ3v) is 0.315. The maximum absolute atomic E-state index is 7.84. The first-order valence-corrected chi connectivity index (χ1v) is 3.04. The fourth-order valence-electron chi connectivity index (χ4n) is 0.0500. The highest BCUT2D eigenvalue weighted by Gasteiger charge is 1.66. The summed E-state index contributed by atoms with van der Waals surface area (Å²) in [4.78, 5) is 0. The summed E-state index contributed by atoms with van der Waals surface area (Å²) in [5.74, 6) is 0. The predicted octanol–water partition coefficient (Wildman–Crippen LogP) is 1.12. The van der Waals surface area contributed by atoms with Crippen molar-refractivity contribution < 1.29 is 5.11 Å². The fourth-order valence-corrected chi connectivity index (χ4v) is 0.0500. The Kier molecular flexibility index (Phi) is 48.8. The molecule has 0 aliphatic rings. The van der Waals surface area contributed by atoms with Gasteiger partial charge in [0.25, 0.3) is 0 Å². The van der Waals surface area contributed by atoms with Crippen LogP contribution in [0.15, 0.2) is 12.7 Å². The van der Waals surface area contributed by atoms with Crippen molar-refractivity contribution in [1.29, 1.82) is 15.8 Å². The van der Waals surface area contributed by atoms with E-state index in [4.69, 9.17) is 20.9 Å². The zero-order valence-corrected chi connectivity index (χ0v) is 6.99. The molecule has 0 unspecified atom stereocenters. The first kappa shape index (κ1) is 16.6. The van der Waals surface area contributed by atoms with Gasteiger partial charge in [0.2, 0.25) is 0 Å². The Morgan fingerprint density at radius 3 is 1.75 bits per heavy atom. The highest BCUT2D eigenvalue weighted by atomic mass is 16.2. The molecule has 0 saturated carbocycles. The Balaban J connectivity index is -0.000000105. The van der Waals surface area contributed by atoms with Crippen molar-refractivity contribution >= 4 is 0 Å². The molecule has 0 fully saturated rings. The second kappa shape index (κ2) is 35.2. The van der Waals surface area contributed by atoms with Crippen LogP contribution in [0.4, 0.5) is 0 Å². The molecule has 0 aromatic heterocycles. The molecule has 0 aromatic carbocycles. The molecule has 0 rings (SSSR count). The van der Waals surface area contributed by atoms with E-state index in [0.717, 1.165) is 0 Å². The van der Waals surface area contributed by atoms with Crippen LogP contribution in [0.1, 0.15) is 13.3 Å². The zero-order chi connectivity index (χ0) is 10.2. The van der Waals surface area contributed by atoms with Crippen molar-refractivity contribution in [2.75, 3.05) is 6.61 Å². The molecule has 0 aliphatic carbocycles.